The molecule has 5 rings (SSSR count). The number of benzene rings is 1. The summed E-state index contributed by atoms with van der Waals surface area (Å²) < 4.78 is 10.6. The van der Waals surface area contributed by atoms with Crippen LogP contribution in [0.4, 0.5) is 0 Å². The molecule has 5 atom stereocenters. The summed E-state index contributed by atoms with van der Waals surface area (Å²) in [5.74, 6) is -2.20. The lowest BCUT2D eigenvalue weighted by atomic mass is 9.96. The molecule has 216 valence electrons. The Kier molecular flexibility index (Phi) is 8.29. The third kappa shape index (κ3) is 5.92. The summed E-state index contributed by atoms with van der Waals surface area (Å²) in [5, 5.41) is 7.14. The SMILES string of the molecule is CCOC1OC(=O)CC1NC(=O)[C@@H]1CN(C(C)=O)C[C@@H]2CC=CC[C@H](NC(=O)c3nccc4ccccc34)C(=O)N21. The summed E-state index contributed by atoms with van der Waals surface area (Å²) in [6.45, 7) is 3.65. The van der Waals surface area contributed by atoms with Gasteiger partial charge in [0.25, 0.3) is 5.91 Å². The van der Waals surface area contributed by atoms with Crippen molar-refractivity contribution >= 4 is 40.4 Å². The van der Waals surface area contributed by atoms with Crippen molar-refractivity contribution in [2.45, 2.75) is 63.6 Å². The zero-order valence-corrected chi connectivity index (χ0v) is 22.9. The molecule has 2 fully saturated rings. The molecule has 41 heavy (non-hydrogen) atoms. The topological polar surface area (TPSA) is 147 Å². The molecule has 0 bridgehead atoms. The number of carbonyl (C=O) groups is 5. The number of rotatable bonds is 6. The number of nitrogens with zero attached hydrogens (tertiary/aromatic N) is 3. The summed E-state index contributed by atoms with van der Waals surface area (Å²) in [6, 6.07) is 5.90. The van der Waals surface area contributed by atoms with Gasteiger partial charge in [-0.05, 0) is 31.2 Å². The minimum Gasteiger partial charge on any atom is -0.433 e. The highest BCUT2D eigenvalue weighted by Gasteiger charge is 2.46. The molecule has 3 aliphatic rings. The van der Waals surface area contributed by atoms with Gasteiger partial charge in [-0.2, -0.15) is 0 Å². The molecule has 0 aliphatic carbocycles. The van der Waals surface area contributed by atoms with Gasteiger partial charge in [0, 0.05) is 31.7 Å². The molecule has 2 saturated heterocycles. The van der Waals surface area contributed by atoms with Gasteiger partial charge in [-0.3, -0.25) is 29.0 Å². The number of cyclic esters (lactones) is 1. The van der Waals surface area contributed by atoms with Crippen LogP contribution in [0, 0.1) is 0 Å². The Balaban J connectivity index is 1.41. The van der Waals surface area contributed by atoms with Crippen molar-refractivity contribution in [3.8, 4) is 0 Å². The molecule has 2 N–H and O–H groups in total. The maximum absolute atomic E-state index is 14.1. The van der Waals surface area contributed by atoms with E-state index in [9.17, 15) is 24.0 Å². The zero-order chi connectivity index (χ0) is 29.1. The molecule has 0 spiro atoms. The van der Waals surface area contributed by atoms with Crippen molar-refractivity contribution < 1.29 is 33.4 Å². The molecule has 2 unspecified atom stereocenters. The van der Waals surface area contributed by atoms with Crippen molar-refractivity contribution in [3.63, 3.8) is 0 Å². The van der Waals surface area contributed by atoms with E-state index < -0.39 is 54.1 Å². The van der Waals surface area contributed by atoms with E-state index in [1.165, 1.54) is 16.7 Å². The highest BCUT2D eigenvalue weighted by atomic mass is 16.7. The van der Waals surface area contributed by atoms with Crippen LogP contribution in [0.15, 0.2) is 48.7 Å². The fourth-order valence-corrected chi connectivity index (χ4v) is 5.62. The van der Waals surface area contributed by atoms with E-state index in [-0.39, 0.29) is 44.1 Å². The first-order valence-corrected chi connectivity index (χ1v) is 13.8. The second-order valence-corrected chi connectivity index (χ2v) is 10.3. The smallest absolute Gasteiger partial charge is 0.310 e. The highest BCUT2D eigenvalue weighted by molar-refractivity contribution is 6.06. The quantitative estimate of drug-likeness (QED) is 0.389. The van der Waals surface area contributed by atoms with Crippen molar-refractivity contribution in [2.24, 2.45) is 0 Å². The van der Waals surface area contributed by atoms with E-state index in [0.717, 1.165) is 5.39 Å². The van der Waals surface area contributed by atoms with Gasteiger partial charge in [0.05, 0.1) is 19.0 Å². The summed E-state index contributed by atoms with van der Waals surface area (Å²) in [5.41, 5.74) is 0.196. The van der Waals surface area contributed by atoms with Crippen molar-refractivity contribution in [1.29, 1.82) is 0 Å². The molecular formula is C29H33N5O7. The third-order valence-electron chi connectivity index (χ3n) is 7.62. The fourth-order valence-electron chi connectivity index (χ4n) is 5.62. The Bertz CT molecular complexity index is 1390. The fraction of sp³-hybridized carbons (Fsp3) is 0.448. The monoisotopic (exact) mass is 563 g/mol. The Morgan fingerprint density at radius 1 is 1.07 bits per heavy atom. The van der Waals surface area contributed by atoms with Gasteiger partial charge < -0.3 is 29.9 Å². The Morgan fingerprint density at radius 2 is 1.85 bits per heavy atom. The van der Waals surface area contributed by atoms with E-state index in [1.54, 1.807) is 25.3 Å². The van der Waals surface area contributed by atoms with Gasteiger partial charge in [-0.15, -0.1) is 0 Å². The number of amides is 4. The zero-order valence-electron chi connectivity index (χ0n) is 22.9. The van der Waals surface area contributed by atoms with Crippen LogP contribution in [0.3, 0.4) is 0 Å². The largest absolute Gasteiger partial charge is 0.433 e. The first-order chi connectivity index (χ1) is 19.8. The molecule has 3 aliphatic heterocycles. The lowest BCUT2D eigenvalue weighted by Crippen LogP contribution is -2.68. The number of aromatic nitrogens is 1. The molecule has 2 aromatic rings. The van der Waals surface area contributed by atoms with Gasteiger partial charge in [-0.1, -0.05) is 36.4 Å². The number of pyridine rings is 1. The van der Waals surface area contributed by atoms with E-state index in [1.807, 2.05) is 30.4 Å². The van der Waals surface area contributed by atoms with Crippen molar-refractivity contribution in [1.82, 2.24) is 25.4 Å². The number of hydrogen-bond donors (Lipinski definition) is 2. The Labute approximate surface area is 237 Å². The summed E-state index contributed by atoms with van der Waals surface area (Å²) >= 11 is 0. The second-order valence-electron chi connectivity index (χ2n) is 10.3. The van der Waals surface area contributed by atoms with E-state index in [0.29, 0.717) is 11.8 Å². The predicted molar refractivity (Wildman–Crippen MR) is 146 cm³/mol. The van der Waals surface area contributed by atoms with Gasteiger partial charge in [0.1, 0.15) is 23.8 Å². The molecule has 4 amide bonds. The van der Waals surface area contributed by atoms with Crippen LogP contribution in [-0.2, 0) is 28.7 Å². The number of piperazine rings is 1. The van der Waals surface area contributed by atoms with Crippen molar-refractivity contribution in [3.05, 3.63) is 54.4 Å². The maximum Gasteiger partial charge on any atom is 0.310 e. The molecule has 12 heteroatoms. The molecular weight excluding hydrogens is 530 g/mol. The summed E-state index contributed by atoms with van der Waals surface area (Å²) in [4.78, 5) is 72.8. The first kappa shape index (κ1) is 28.2. The van der Waals surface area contributed by atoms with Crippen LogP contribution >= 0.6 is 0 Å². The lowest BCUT2D eigenvalue weighted by molar-refractivity contribution is -0.165. The van der Waals surface area contributed by atoms with Crippen LogP contribution in [0.25, 0.3) is 10.8 Å². The maximum atomic E-state index is 14.1. The third-order valence-corrected chi connectivity index (χ3v) is 7.62. The van der Waals surface area contributed by atoms with Crippen LogP contribution < -0.4 is 10.6 Å². The van der Waals surface area contributed by atoms with Crippen LogP contribution in [0.1, 0.15) is 43.6 Å². The Hall–Kier alpha value is -4.32. The number of carbonyl (C=O) groups excluding carboxylic acids is 5. The van der Waals surface area contributed by atoms with E-state index >= 15 is 0 Å². The molecule has 0 radical (unpaired) electrons. The van der Waals surface area contributed by atoms with Gasteiger partial charge in [0.2, 0.25) is 24.0 Å². The van der Waals surface area contributed by atoms with E-state index in [4.69, 9.17) is 9.47 Å². The van der Waals surface area contributed by atoms with Crippen LogP contribution in [0.5, 0.6) is 0 Å². The van der Waals surface area contributed by atoms with Gasteiger partial charge >= 0.3 is 5.97 Å². The first-order valence-electron chi connectivity index (χ1n) is 13.8. The van der Waals surface area contributed by atoms with Crippen molar-refractivity contribution in [2.75, 3.05) is 19.7 Å². The predicted octanol–water partition coefficient (Wildman–Crippen LogP) is 0.905. The lowest BCUT2D eigenvalue weighted by Gasteiger charge is -2.47. The number of fused-ring (bicyclic) bond motifs is 2. The normalized spacial score (nSPS) is 26.1. The summed E-state index contributed by atoms with van der Waals surface area (Å²) in [7, 11) is 0. The number of esters is 1. The molecule has 12 nitrogen and oxygen atoms in total. The highest BCUT2D eigenvalue weighted by Crippen LogP contribution is 2.25. The molecule has 1 aromatic carbocycles. The summed E-state index contributed by atoms with van der Waals surface area (Å²) in [6.07, 6.45) is 4.90. The molecule has 4 heterocycles. The van der Waals surface area contributed by atoms with Gasteiger partial charge in [-0.25, -0.2) is 0 Å². The second kappa shape index (κ2) is 12.0. The average molecular weight is 564 g/mol. The Morgan fingerprint density at radius 3 is 2.63 bits per heavy atom. The van der Waals surface area contributed by atoms with E-state index in [2.05, 4.69) is 15.6 Å². The number of hydrogen-bond acceptors (Lipinski definition) is 8. The minimum absolute atomic E-state index is 0.0283. The number of ether oxygens (including phenoxy) is 2. The van der Waals surface area contributed by atoms with Gasteiger partial charge in [0.15, 0.2) is 0 Å². The molecule has 1 aromatic heterocycles. The average Bonchev–Trinajstić information content (AvgIpc) is 3.30. The number of nitrogens with one attached hydrogen (secondary N) is 2. The standard InChI is InChI=1S/C29H33N5O7/c1-3-40-29-22(14-24(36)41-29)32-26(37)23-16-33(17(2)35)15-19-9-5-7-11-21(28(39)34(19)23)31-27(38)25-20-10-6-4-8-18(20)12-13-30-25/h4-8,10,12-13,19,21-23,29H,3,9,11,14-16H2,1-2H3,(H,31,38)(H,32,37)/t19-,21-,22?,23-,29?/m0/s1. The molecule has 0 saturated carbocycles. The van der Waals surface area contributed by atoms with Crippen LogP contribution in [0.2, 0.25) is 0 Å². The van der Waals surface area contributed by atoms with Crippen LogP contribution in [-0.4, -0.2) is 94.5 Å². The minimum atomic E-state index is -1.05.